The van der Waals surface area contributed by atoms with E-state index in [0.717, 1.165) is 24.0 Å². The Labute approximate surface area is 300 Å². The number of benzene rings is 3. The van der Waals surface area contributed by atoms with Crippen molar-refractivity contribution in [1.29, 1.82) is 0 Å². The molecule has 1 spiro atoms. The SMILES string of the molecule is COc1ccc(S(=O)(=O)N2CCC3(CC2)CC(NCC(O)COc2cccc(S(=O)(=O)C(C)(C)CO)c2)CO3)cc1-c1ccc(C2(N)CC2)cc1. The number of aliphatic hydroxyl groups is 2. The molecule has 3 aromatic rings. The fraction of sp³-hybridized carbons (Fsp3) is 0.514. The Morgan fingerprint density at radius 2 is 1.71 bits per heavy atom. The molecule has 6 rings (SSSR count). The minimum Gasteiger partial charge on any atom is -0.496 e. The summed E-state index contributed by atoms with van der Waals surface area (Å²) in [5, 5.41) is 23.5. The molecular weight excluding hydrogens is 695 g/mol. The zero-order valence-corrected chi connectivity index (χ0v) is 31.0. The number of hydrogen-bond acceptors (Lipinski definition) is 11. The molecule has 2 atom stereocenters. The summed E-state index contributed by atoms with van der Waals surface area (Å²) in [5.41, 5.74) is 8.28. The first-order valence-corrected chi connectivity index (χ1v) is 20.3. The molecule has 2 unspecified atom stereocenters. The summed E-state index contributed by atoms with van der Waals surface area (Å²) in [7, 11) is -6.00. The Hall–Kier alpha value is -3.08. The van der Waals surface area contributed by atoms with Crippen molar-refractivity contribution in [3.8, 4) is 22.6 Å². The summed E-state index contributed by atoms with van der Waals surface area (Å²) in [4.78, 5) is 0.244. The number of methoxy groups -OCH3 is 1. The van der Waals surface area contributed by atoms with Gasteiger partial charge in [-0.2, -0.15) is 4.31 Å². The average molecular weight is 744 g/mol. The van der Waals surface area contributed by atoms with Crippen LogP contribution in [-0.2, 0) is 30.1 Å². The normalized spacial score (nSPS) is 21.0. The maximum Gasteiger partial charge on any atom is 0.243 e. The molecule has 51 heavy (non-hydrogen) atoms. The van der Waals surface area contributed by atoms with Gasteiger partial charge in [0.1, 0.15) is 24.2 Å². The van der Waals surface area contributed by atoms with Crippen molar-refractivity contribution in [1.82, 2.24) is 9.62 Å². The van der Waals surface area contributed by atoms with E-state index < -0.39 is 42.9 Å². The lowest BCUT2D eigenvalue weighted by Crippen LogP contribution is -2.47. The quantitative estimate of drug-likeness (QED) is 0.191. The van der Waals surface area contributed by atoms with Crippen LogP contribution in [0, 0.1) is 0 Å². The van der Waals surface area contributed by atoms with Crippen LogP contribution in [0.2, 0.25) is 0 Å². The summed E-state index contributed by atoms with van der Waals surface area (Å²) < 4.78 is 71.1. The van der Waals surface area contributed by atoms with Crippen LogP contribution in [0.15, 0.2) is 76.5 Å². The third-order valence-corrected chi connectivity index (χ3v) is 14.9. The van der Waals surface area contributed by atoms with Crippen molar-refractivity contribution in [2.24, 2.45) is 5.73 Å². The molecule has 278 valence electrons. The number of hydrogen-bond donors (Lipinski definition) is 4. The van der Waals surface area contributed by atoms with Crippen LogP contribution in [0.5, 0.6) is 11.5 Å². The smallest absolute Gasteiger partial charge is 0.243 e. The van der Waals surface area contributed by atoms with E-state index in [4.69, 9.17) is 19.9 Å². The maximum absolute atomic E-state index is 13.8. The van der Waals surface area contributed by atoms with Crippen molar-refractivity contribution in [3.63, 3.8) is 0 Å². The Morgan fingerprint density at radius 1 is 1.00 bits per heavy atom. The van der Waals surface area contributed by atoms with Crippen LogP contribution >= 0.6 is 0 Å². The molecule has 1 saturated carbocycles. The van der Waals surface area contributed by atoms with Crippen molar-refractivity contribution >= 4 is 19.9 Å². The molecule has 2 heterocycles. The average Bonchev–Trinajstić information content (AvgIpc) is 3.77. The second-order valence-corrected chi connectivity index (χ2v) is 19.2. The van der Waals surface area contributed by atoms with Gasteiger partial charge in [-0.25, -0.2) is 16.8 Å². The van der Waals surface area contributed by atoms with Crippen molar-refractivity contribution in [3.05, 3.63) is 72.3 Å². The molecule has 3 fully saturated rings. The van der Waals surface area contributed by atoms with Crippen molar-refractivity contribution in [2.45, 2.75) is 83.8 Å². The van der Waals surface area contributed by atoms with Gasteiger partial charge >= 0.3 is 0 Å². The second-order valence-electron chi connectivity index (χ2n) is 14.7. The molecule has 2 saturated heterocycles. The zero-order chi connectivity index (χ0) is 36.7. The summed E-state index contributed by atoms with van der Waals surface area (Å²) in [5.74, 6) is 0.887. The van der Waals surface area contributed by atoms with Gasteiger partial charge < -0.3 is 35.5 Å². The number of aliphatic hydroxyl groups excluding tert-OH is 2. The summed E-state index contributed by atoms with van der Waals surface area (Å²) in [6.45, 7) is 3.65. The monoisotopic (exact) mass is 743 g/mol. The van der Waals surface area contributed by atoms with E-state index in [9.17, 15) is 27.0 Å². The Morgan fingerprint density at radius 3 is 2.35 bits per heavy atom. The Bertz CT molecular complexity index is 1920. The van der Waals surface area contributed by atoms with Gasteiger partial charge in [0, 0.05) is 36.8 Å². The molecule has 12 nitrogen and oxygen atoms in total. The van der Waals surface area contributed by atoms with Crippen LogP contribution in [0.3, 0.4) is 0 Å². The second kappa shape index (κ2) is 14.4. The molecule has 0 aromatic heterocycles. The minimum absolute atomic E-state index is 0.0263. The lowest BCUT2D eigenvalue weighted by Gasteiger charge is -2.38. The number of ether oxygens (including phenoxy) is 3. The maximum atomic E-state index is 13.8. The highest BCUT2D eigenvalue weighted by Crippen LogP contribution is 2.44. The predicted octanol–water partition coefficient (Wildman–Crippen LogP) is 3.20. The topological polar surface area (TPSA) is 178 Å². The standard InChI is InChI=1S/C37H49N3O9S2/c1-35(2,25-41)50(43,44)31-6-4-5-30(19-31)48-24-29(42)22-39-28-21-36(49-23-28)15-17-40(18-16-36)51(45,46)32-11-12-34(47-3)33(20-32)26-7-9-27(10-8-26)37(38)13-14-37/h4-12,19-20,28-29,39,41-42H,13-18,21-25,38H2,1-3H3. The number of nitrogens with zero attached hydrogens (tertiary/aromatic N) is 1. The first-order chi connectivity index (χ1) is 24.1. The first-order valence-electron chi connectivity index (χ1n) is 17.3. The fourth-order valence-electron chi connectivity index (χ4n) is 6.77. The summed E-state index contributed by atoms with van der Waals surface area (Å²) >= 11 is 0. The van der Waals surface area contributed by atoms with E-state index >= 15 is 0 Å². The molecule has 0 bridgehead atoms. The van der Waals surface area contributed by atoms with E-state index in [1.165, 1.54) is 30.3 Å². The lowest BCUT2D eigenvalue weighted by atomic mass is 9.88. The predicted molar refractivity (Wildman–Crippen MR) is 193 cm³/mol. The minimum atomic E-state index is -3.79. The highest BCUT2D eigenvalue weighted by atomic mass is 32.2. The lowest BCUT2D eigenvalue weighted by molar-refractivity contribution is -0.0312. The van der Waals surface area contributed by atoms with E-state index in [0.29, 0.717) is 56.0 Å². The third-order valence-electron chi connectivity index (χ3n) is 10.5. The van der Waals surface area contributed by atoms with Gasteiger partial charge in [-0.1, -0.05) is 30.3 Å². The molecule has 0 radical (unpaired) electrons. The van der Waals surface area contributed by atoms with Gasteiger partial charge in [0.15, 0.2) is 9.84 Å². The molecule has 3 aromatic carbocycles. The zero-order valence-electron chi connectivity index (χ0n) is 29.4. The molecule has 5 N–H and O–H groups in total. The fourth-order valence-corrected chi connectivity index (χ4v) is 9.58. The molecule has 1 aliphatic carbocycles. The highest BCUT2D eigenvalue weighted by molar-refractivity contribution is 7.92. The Kier molecular flexibility index (Phi) is 10.6. The molecule has 2 aliphatic heterocycles. The number of nitrogens with two attached hydrogens (primary N) is 1. The van der Waals surface area contributed by atoms with E-state index in [1.54, 1.807) is 37.4 Å². The summed E-state index contributed by atoms with van der Waals surface area (Å²) in [6, 6.07) is 18.9. The molecule has 3 aliphatic rings. The number of sulfone groups is 1. The van der Waals surface area contributed by atoms with Crippen molar-refractivity contribution in [2.75, 3.05) is 46.6 Å². The first kappa shape index (κ1) is 37.7. The van der Waals surface area contributed by atoms with Crippen LogP contribution in [-0.4, -0.2) is 100 Å². The Balaban J connectivity index is 1.00. The number of rotatable bonds is 14. The summed E-state index contributed by atoms with van der Waals surface area (Å²) in [6.07, 6.45) is 2.83. The molecule has 14 heteroatoms. The number of piperidine rings is 1. The van der Waals surface area contributed by atoms with Crippen LogP contribution in [0.25, 0.3) is 11.1 Å². The van der Waals surface area contributed by atoms with Gasteiger partial charge in [-0.3, -0.25) is 0 Å². The van der Waals surface area contributed by atoms with Crippen molar-refractivity contribution < 1.29 is 41.3 Å². The molecule has 0 amide bonds. The van der Waals surface area contributed by atoms with Crippen LogP contribution in [0.1, 0.15) is 51.5 Å². The third kappa shape index (κ3) is 7.84. The van der Waals surface area contributed by atoms with E-state index in [1.807, 2.05) is 24.3 Å². The molecular formula is C37H49N3O9S2. The van der Waals surface area contributed by atoms with Gasteiger partial charge in [0.25, 0.3) is 0 Å². The van der Waals surface area contributed by atoms with Crippen LogP contribution < -0.4 is 20.5 Å². The van der Waals surface area contributed by atoms with Gasteiger partial charge in [-0.15, -0.1) is 0 Å². The van der Waals surface area contributed by atoms with Gasteiger partial charge in [0.05, 0.1) is 40.5 Å². The van der Waals surface area contributed by atoms with Gasteiger partial charge in [-0.05, 0) is 93.5 Å². The number of sulfonamides is 1. The van der Waals surface area contributed by atoms with E-state index in [2.05, 4.69) is 5.32 Å². The number of nitrogens with one attached hydrogen (secondary N) is 1. The van der Waals surface area contributed by atoms with Gasteiger partial charge in [0.2, 0.25) is 10.0 Å². The van der Waals surface area contributed by atoms with E-state index in [-0.39, 0.29) is 34.5 Å². The largest absolute Gasteiger partial charge is 0.496 e. The highest BCUT2D eigenvalue weighted by Gasteiger charge is 2.45. The van der Waals surface area contributed by atoms with Crippen LogP contribution in [0.4, 0.5) is 0 Å².